The van der Waals surface area contributed by atoms with E-state index in [1.807, 2.05) is 49.4 Å². The number of hydrogen-bond acceptors (Lipinski definition) is 4. The molecule has 1 aromatic heterocycles. The Morgan fingerprint density at radius 1 is 1.09 bits per heavy atom. The van der Waals surface area contributed by atoms with Crippen molar-refractivity contribution in [1.29, 1.82) is 0 Å². The zero-order valence-corrected chi connectivity index (χ0v) is 13.6. The van der Waals surface area contributed by atoms with Crippen molar-refractivity contribution in [3.63, 3.8) is 0 Å². The summed E-state index contributed by atoms with van der Waals surface area (Å²) in [5.41, 5.74) is 3.87. The molecule has 4 nitrogen and oxygen atoms in total. The molecule has 0 aliphatic carbocycles. The highest BCUT2D eigenvalue weighted by molar-refractivity contribution is 7.08. The molecule has 3 rings (SSSR count). The summed E-state index contributed by atoms with van der Waals surface area (Å²) in [6.07, 6.45) is 1.48. The van der Waals surface area contributed by atoms with E-state index >= 15 is 0 Å². The van der Waals surface area contributed by atoms with Crippen LogP contribution in [-0.4, -0.2) is 15.5 Å². The van der Waals surface area contributed by atoms with Crippen LogP contribution in [0.5, 0.6) is 0 Å². The van der Waals surface area contributed by atoms with Gasteiger partial charge in [0.05, 0.1) is 5.69 Å². The number of amides is 1. The molecule has 1 N–H and O–H groups in total. The van der Waals surface area contributed by atoms with E-state index in [0.717, 1.165) is 34.9 Å². The van der Waals surface area contributed by atoms with Crippen LogP contribution < -0.4 is 5.32 Å². The Morgan fingerprint density at radius 2 is 1.83 bits per heavy atom. The summed E-state index contributed by atoms with van der Waals surface area (Å²) >= 11 is 1.14. The number of carbonyl (C=O) groups excluding carboxylic acids is 1. The Bertz CT molecular complexity index is 799. The van der Waals surface area contributed by atoms with Crippen molar-refractivity contribution in [3.05, 3.63) is 76.3 Å². The molecule has 0 saturated heterocycles. The van der Waals surface area contributed by atoms with E-state index in [0.29, 0.717) is 11.3 Å². The smallest absolute Gasteiger partial charge is 0.269 e. The minimum absolute atomic E-state index is 0.141. The van der Waals surface area contributed by atoms with Gasteiger partial charge in [-0.25, -0.2) is 0 Å². The minimum atomic E-state index is -0.141. The number of aryl methyl sites for hydroxylation is 1. The quantitative estimate of drug-likeness (QED) is 0.773. The summed E-state index contributed by atoms with van der Waals surface area (Å²) in [7, 11) is 0. The number of nitrogens with one attached hydrogen (secondary N) is 1. The molecule has 0 bridgehead atoms. The highest BCUT2D eigenvalue weighted by Crippen LogP contribution is 2.21. The van der Waals surface area contributed by atoms with Gasteiger partial charge < -0.3 is 5.32 Å². The van der Waals surface area contributed by atoms with Gasteiger partial charge in [-0.3, -0.25) is 4.79 Å². The summed E-state index contributed by atoms with van der Waals surface area (Å²) < 4.78 is 3.88. The van der Waals surface area contributed by atoms with Gasteiger partial charge in [0.2, 0.25) is 0 Å². The van der Waals surface area contributed by atoms with E-state index in [2.05, 4.69) is 27.0 Å². The molecule has 0 spiro atoms. The van der Waals surface area contributed by atoms with Crippen LogP contribution in [-0.2, 0) is 12.8 Å². The number of aromatic nitrogens is 2. The lowest BCUT2D eigenvalue weighted by molar-refractivity contribution is 0.102. The molecule has 1 heterocycles. The molecule has 0 radical (unpaired) electrons. The summed E-state index contributed by atoms with van der Waals surface area (Å²) in [4.78, 5) is 13.1. The van der Waals surface area contributed by atoms with Crippen LogP contribution in [0.2, 0.25) is 0 Å². The topological polar surface area (TPSA) is 54.9 Å². The number of anilines is 1. The van der Waals surface area contributed by atoms with E-state index in [1.54, 1.807) is 0 Å². The third-order valence-corrected chi connectivity index (χ3v) is 4.37. The first-order valence-corrected chi connectivity index (χ1v) is 8.29. The third-order valence-electron chi connectivity index (χ3n) is 3.60. The Morgan fingerprint density at radius 3 is 2.61 bits per heavy atom. The van der Waals surface area contributed by atoms with E-state index in [9.17, 15) is 4.79 Å². The number of rotatable bonds is 5. The molecule has 0 unspecified atom stereocenters. The lowest BCUT2D eigenvalue weighted by Gasteiger charge is -2.11. The Labute approximate surface area is 139 Å². The van der Waals surface area contributed by atoms with Crippen LogP contribution in [0.1, 0.15) is 33.4 Å². The zero-order valence-electron chi connectivity index (χ0n) is 12.8. The van der Waals surface area contributed by atoms with Gasteiger partial charge in [-0.15, -0.1) is 5.10 Å². The van der Waals surface area contributed by atoms with Crippen LogP contribution >= 0.6 is 11.5 Å². The summed E-state index contributed by atoms with van der Waals surface area (Å²) in [5.74, 6) is -0.141. The molecule has 2 aromatic carbocycles. The molecule has 3 aromatic rings. The second-order valence-corrected chi connectivity index (χ2v) is 5.93. The molecule has 0 aliphatic rings. The van der Waals surface area contributed by atoms with Gasteiger partial charge in [0.15, 0.2) is 0 Å². The first-order chi connectivity index (χ1) is 11.3. The van der Waals surface area contributed by atoms with Crippen molar-refractivity contribution in [3.8, 4) is 0 Å². The Kier molecular flexibility index (Phi) is 4.78. The van der Waals surface area contributed by atoms with E-state index in [-0.39, 0.29) is 5.91 Å². The summed E-state index contributed by atoms with van der Waals surface area (Å²) in [5, 5.41) is 6.99. The van der Waals surface area contributed by atoms with Gasteiger partial charge in [0.25, 0.3) is 5.91 Å². The summed E-state index contributed by atoms with van der Waals surface area (Å²) in [6, 6.07) is 18.1. The Hall–Kier alpha value is -2.53. The van der Waals surface area contributed by atoms with Gasteiger partial charge in [-0.1, -0.05) is 59.9 Å². The molecule has 0 saturated carbocycles. The maximum atomic E-state index is 12.5. The number of carbonyl (C=O) groups is 1. The predicted molar refractivity (Wildman–Crippen MR) is 92.9 cm³/mol. The van der Waals surface area contributed by atoms with Gasteiger partial charge >= 0.3 is 0 Å². The zero-order chi connectivity index (χ0) is 16.1. The van der Waals surface area contributed by atoms with Gasteiger partial charge in [-0.2, -0.15) is 0 Å². The maximum absolute atomic E-state index is 12.5. The molecule has 0 aliphatic heterocycles. The lowest BCUT2D eigenvalue weighted by Crippen LogP contribution is -2.13. The second kappa shape index (κ2) is 7.15. The minimum Gasteiger partial charge on any atom is -0.321 e. The molecule has 116 valence electrons. The SMILES string of the molecule is CCc1nnsc1C(=O)Nc1ccccc1Cc1ccccc1. The average molecular weight is 323 g/mol. The largest absolute Gasteiger partial charge is 0.321 e. The second-order valence-electron chi connectivity index (χ2n) is 5.18. The molecule has 0 atom stereocenters. The fraction of sp³-hybridized carbons (Fsp3) is 0.167. The molecule has 1 amide bonds. The van der Waals surface area contributed by atoms with Crippen LogP contribution in [0.25, 0.3) is 0 Å². The van der Waals surface area contributed by atoms with Crippen molar-refractivity contribution >= 4 is 23.1 Å². The molecule has 23 heavy (non-hydrogen) atoms. The fourth-order valence-corrected chi connectivity index (χ4v) is 3.05. The Balaban J connectivity index is 1.82. The number of hydrogen-bond donors (Lipinski definition) is 1. The third kappa shape index (κ3) is 3.63. The molecular weight excluding hydrogens is 306 g/mol. The van der Waals surface area contributed by atoms with E-state index < -0.39 is 0 Å². The molecular formula is C18H17N3OS. The van der Waals surface area contributed by atoms with Crippen molar-refractivity contribution in [2.24, 2.45) is 0 Å². The lowest BCUT2D eigenvalue weighted by atomic mass is 10.0. The predicted octanol–water partition coefficient (Wildman–Crippen LogP) is 3.94. The summed E-state index contributed by atoms with van der Waals surface area (Å²) in [6.45, 7) is 1.97. The average Bonchev–Trinajstić information content (AvgIpc) is 3.06. The van der Waals surface area contributed by atoms with Gasteiger partial charge in [0, 0.05) is 5.69 Å². The van der Waals surface area contributed by atoms with Crippen molar-refractivity contribution < 1.29 is 4.79 Å². The standard InChI is InChI=1S/C18H17N3OS/c1-2-15-17(23-21-20-15)18(22)19-16-11-7-6-10-14(16)12-13-8-4-3-5-9-13/h3-11H,2,12H2,1H3,(H,19,22). The highest BCUT2D eigenvalue weighted by Gasteiger charge is 2.16. The van der Waals surface area contributed by atoms with Gasteiger partial charge in [0.1, 0.15) is 4.88 Å². The molecule has 0 fully saturated rings. The number of nitrogens with zero attached hydrogens (tertiary/aromatic N) is 2. The van der Waals surface area contributed by atoms with Crippen molar-refractivity contribution in [1.82, 2.24) is 9.59 Å². The van der Waals surface area contributed by atoms with E-state index in [1.165, 1.54) is 5.56 Å². The van der Waals surface area contributed by atoms with Gasteiger partial charge in [-0.05, 0) is 41.6 Å². The first-order valence-electron chi connectivity index (χ1n) is 7.52. The molecule has 5 heteroatoms. The maximum Gasteiger partial charge on any atom is 0.269 e. The number of benzene rings is 2. The van der Waals surface area contributed by atoms with Crippen LogP contribution in [0.15, 0.2) is 54.6 Å². The van der Waals surface area contributed by atoms with E-state index in [4.69, 9.17) is 0 Å². The van der Waals surface area contributed by atoms with Crippen molar-refractivity contribution in [2.75, 3.05) is 5.32 Å². The van der Waals surface area contributed by atoms with Crippen LogP contribution in [0.3, 0.4) is 0 Å². The highest BCUT2D eigenvalue weighted by atomic mass is 32.1. The van der Waals surface area contributed by atoms with Crippen LogP contribution in [0.4, 0.5) is 5.69 Å². The normalized spacial score (nSPS) is 10.5. The first kappa shape index (κ1) is 15.4. The van der Waals surface area contributed by atoms with Crippen LogP contribution in [0, 0.1) is 0 Å². The number of para-hydroxylation sites is 1. The van der Waals surface area contributed by atoms with Crippen molar-refractivity contribution in [2.45, 2.75) is 19.8 Å². The monoisotopic (exact) mass is 323 g/mol. The fourth-order valence-electron chi connectivity index (χ4n) is 2.40.